The molecule has 2 aliphatic heterocycles. The molecule has 2 rings (SSSR count). The van der Waals surface area contributed by atoms with Crippen molar-refractivity contribution in [3.05, 3.63) is 0 Å². The summed E-state index contributed by atoms with van der Waals surface area (Å²) in [6.45, 7) is 18.1. The maximum atomic E-state index is 14.2. The van der Waals surface area contributed by atoms with Crippen molar-refractivity contribution in [3.63, 3.8) is 0 Å². The number of unbranched alkanes of at least 4 members (excludes halogenated alkanes) is 4. The summed E-state index contributed by atoms with van der Waals surface area (Å²) in [4.78, 5) is 18.4. The second-order valence-corrected chi connectivity index (χ2v) is 11.9. The fourth-order valence-corrected chi connectivity index (χ4v) is 5.10. The third-order valence-electron chi connectivity index (χ3n) is 7.67. The molecule has 9 heteroatoms. The monoisotopic (exact) mass is 572 g/mol. The number of nitrogens with zero attached hydrogens (tertiary/aromatic N) is 2. The molecule has 4 atom stereocenters. The summed E-state index contributed by atoms with van der Waals surface area (Å²) < 4.78 is 38.8. The van der Waals surface area contributed by atoms with Gasteiger partial charge in [0.15, 0.2) is 11.9 Å². The van der Waals surface area contributed by atoms with Gasteiger partial charge in [-0.15, -0.1) is 0 Å². The summed E-state index contributed by atoms with van der Waals surface area (Å²) in [7, 11) is 2.09. The molecule has 0 N–H and O–H groups in total. The first-order valence-corrected chi connectivity index (χ1v) is 16.0. The van der Waals surface area contributed by atoms with Gasteiger partial charge in [0.2, 0.25) is 0 Å². The summed E-state index contributed by atoms with van der Waals surface area (Å²) in [5, 5.41) is 0. The molecule has 0 aromatic heterocycles. The molecule has 0 aliphatic carbocycles. The van der Waals surface area contributed by atoms with Gasteiger partial charge in [0, 0.05) is 52.6 Å². The highest BCUT2D eigenvalue weighted by Gasteiger charge is 2.57. The Balaban J connectivity index is 2.50. The molecule has 40 heavy (non-hydrogen) atoms. The predicted octanol–water partition coefficient (Wildman–Crippen LogP) is 4.65. The maximum Gasteiger partial charge on any atom is 0.254 e. The Hall–Kier alpha value is -0.810. The number of piperazine rings is 1. The Morgan fingerprint density at radius 1 is 0.800 bits per heavy atom. The van der Waals surface area contributed by atoms with E-state index >= 15 is 0 Å². The van der Waals surface area contributed by atoms with Crippen molar-refractivity contribution in [1.29, 1.82) is 0 Å². The maximum absolute atomic E-state index is 14.2. The molecule has 236 valence electrons. The number of hydrogen-bond donors (Lipinski definition) is 0. The SMILES string of the molecule is CCCCOC[C@]1([C@@H](OCCCC)[C@H](OCCCC)[C@@H](OCCCC)C(=O)N2CCN(C)CC2)COC(C)(C)O1. The Morgan fingerprint density at radius 2 is 1.35 bits per heavy atom. The Kier molecular flexibility index (Phi) is 16.5. The van der Waals surface area contributed by atoms with Crippen LogP contribution >= 0.6 is 0 Å². The normalized spacial score (nSPS) is 23.8. The van der Waals surface area contributed by atoms with Crippen LogP contribution in [0.25, 0.3) is 0 Å². The average Bonchev–Trinajstić information content (AvgIpc) is 3.25. The zero-order chi connectivity index (χ0) is 29.4. The topological polar surface area (TPSA) is 78.9 Å². The molecule has 2 heterocycles. The van der Waals surface area contributed by atoms with Gasteiger partial charge in [-0.3, -0.25) is 4.79 Å². The second-order valence-electron chi connectivity index (χ2n) is 11.9. The number of carbonyl (C=O) groups is 1. The van der Waals surface area contributed by atoms with Gasteiger partial charge in [-0.05, 0) is 46.6 Å². The molecule has 0 aromatic rings. The van der Waals surface area contributed by atoms with Gasteiger partial charge in [0.1, 0.15) is 17.8 Å². The van der Waals surface area contributed by atoms with Crippen molar-refractivity contribution in [2.75, 3.05) is 72.9 Å². The third-order valence-corrected chi connectivity index (χ3v) is 7.67. The minimum absolute atomic E-state index is 0.0324. The van der Waals surface area contributed by atoms with Crippen LogP contribution in [0.15, 0.2) is 0 Å². The Labute approximate surface area is 244 Å². The van der Waals surface area contributed by atoms with Crippen LogP contribution in [0.1, 0.15) is 92.9 Å². The smallest absolute Gasteiger partial charge is 0.254 e. The highest BCUT2D eigenvalue weighted by Crippen LogP contribution is 2.38. The molecular formula is C31H60N2O7. The van der Waals surface area contributed by atoms with E-state index in [0.717, 1.165) is 64.5 Å². The lowest BCUT2D eigenvalue weighted by atomic mass is 9.89. The first-order valence-electron chi connectivity index (χ1n) is 16.0. The Bertz CT molecular complexity index is 687. The minimum Gasteiger partial charge on any atom is -0.378 e. The van der Waals surface area contributed by atoms with E-state index in [1.54, 1.807) is 0 Å². The molecule has 0 radical (unpaired) electrons. The van der Waals surface area contributed by atoms with E-state index in [0.29, 0.717) is 52.7 Å². The van der Waals surface area contributed by atoms with Crippen LogP contribution in [0, 0.1) is 0 Å². The molecule has 0 bridgehead atoms. The van der Waals surface area contributed by atoms with E-state index in [1.165, 1.54) is 0 Å². The molecule has 9 nitrogen and oxygen atoms in total. The standard InChI is InChI=1S/C31H60N2O7/c1-8-12-20-35-24-31(25-39-30(5,6)40-31)28(38-23-15-11-4)26(36-21-13-9-2)27(37-22-14-10-3)29(34)33-18-16-32(7)17-19-33/h26-28H,8-25H2,1-7H3/t26-,27-,28+,31-/m1/s1. The molecule has 0 saturated carbocycles. The fraction of sp³-hybridized carbons (Fsp3) is 0.968. The number of rotatable bonds is 21. The Morgan fingerprint density at radius 3 is 1.90 bits per heavy atom. The van der Waals surface area contributed by atoms with Gasteiger partial charge in [0.05, 0.1) is 13.2 Å². The van der Waals surface area contributed by atoms with E-state index in [4.69, 9.17) is 28.4 Å². The second kappa shape index (κ2) is 18.7. The summed E-state index contributed by atoms with van der Waals surface area (Å²) in [5.74, 6) is -0.843. The molecular weight excluding hydrogens is 512 g/mol. The van der Waals surface area contributed by atoms with Crippen LogP contribution in [-0.2, 0) is 33.2 Å². The number of hydrogen-bond acceptors (Lipinski definition) is 8. The lowest BCUT2D eigenvalue weighted by Crippen LogP contribution is -2.63. The van der Waals surface area contributed by atoms with Crippen LogP contribution < -0.4 is 0 Å². The van der Waals surface area contributed by atoms with Gasteiger partial charge in [-0.25, -0.2) is 0 Å². The van der Waals surface area contributed by atoms with Crippen LogP contribution in [0.3, 0.4) is 0 Å². The highest BCUT2D eigenvalue weighted by molar-refractivity contribution is 5.82. The van der Waals surface area contributed by atoms with E-state index < -0.39 is 29.7 Å². The van der Waals surface area contributed by atoms with Gasteiger partial charge < -0.3 is 38.2 Å². The molecule has 2 aliphatic rings. The quantitative estimate of drug-likeness (QED) is 0.184. The lowest BCUT2D eigenvalue weighted by Gasteiger charge is -2.43. The summed E-state index contributed by atoms with van der Waals surface area (Å²) in [6, 6.07) is 0. The molecule has 0 spiro atoms. The van der Waals surface area contributed by atoms with Gasteiger partial charge >= 0.3 is 0 Å². The van der Waals surface area contributed by atoms with Gasteiger partial charge in [0.25, 0.3) is 5.91 Å². The van der Waals surface area contributed by atoms with Gasteiger partial charge in [-0.1, -0.05) is 53.4 Å². The number of ether oxygens (including phenoxy) is 6. The van der Waals surface area contributed by atoms with Crippen LogP contribution in [0.5, 0.6) is 0 Å². The zero-order valence-corrected chi connectivity index (χ0v) is 26.7. The number of carbonyl (C=O) groups excluding carboxylic acids is 1. The van der Waals surface area contributed by atoms with Crippen molar-refractivity contribution >= 4 is 5.91 Å². The van der Waals surface area contributed by atoms with Crippen LogP contribution in [-0.4, -0.2) is 118 Å². The molecule has 2 saturated heterocycles. The minimum atomic E-state index is -0.934. The van der Waals surface area contributed by atoms with Crippen molar-refractivity contribution < 1.29 is 33.2 Å². The highest BCUT2D eigenvalue weighted by atomic mass is 16.8. The summed E-state index contributed by atoms with van der Waals surface area (Å²) in [5.41, 5.74) is -0.934. The van der Waals surface area contributed by atoms with Gasteiger partial charge in [-0.2, -0.15) is 0 Å². The molecule has 0 aromatic carbocycles. The number of likely N-dealkylation sites (N-methyl/N-ethyl adjacent to an activating group) is 1. The van der Waals surface area contributed by atoms with E-state index in [-0.39, 0.29) is 5.91 Å². The van der Waals surface area contributed by atoms with Crippen molar-refractivity contribution in [3.8, 4) is 0 Å². The first-order chi connectivity index (χ1) is 19.2. The average molecular weight is 573 g/mol. The molecule has 0 unspecified atom stereocenters. The summed E-state index contributed by atoms with van der Waals surface area (Å²) >= 11 is 0. The third kappa shape index (κ3) is 11.1. The van der Waals surface area contributed by atoms with Crippen LogP contribution in [0.4, 0.5) is 0 Å². The number of amides is 1. The van der Waals surface area contributed by atoms with Crippen molar-refractivity contribution in [2.45, 2.75) is 123 Å². The van der Waals surface area contributed by atoms with E-state index in [9.17, 15) is 4.79 Å². The lowest BCUT2D eigenvalue weighted by molar-refractivity contribution is -0.243. The van der Waals surface area contributed by atoms with Crippen LogP contribution in [0.2, 0.25) is 0 Å². The van der Waals surface area contributed by atoms with Crippen molar-refractivity contribution in [2.24, 2.45) is 0 Å². The molecule has 1 amide bonds. The predicted molar refractivity (Wildman–Crippen MR) is 158 cm³/mol. The largest absolute Gasteiger partial charge is 0.378 e. The fourth-order valence-electron chi connectivity index (χ4n) is 5.10. The molecule has 2 fully saturated rings. The zero-order valence-electron chi connectivity index (χ0n) is 26.7. The van der Waals surface area contributed by atoms with Crippen molar-refractivity contribution in [1.82, 2.24) is 9.80 Å². The summed E-state index contributed by atoms with van der Waals surface area (Å²) in [6.07, 6.45) is 5.52. The van der Waals surface area contributed by atoms with E-state index in [1.807, 2.05) is 18.7 Å². The van der Waals surface area contributed by atoms with E-state index in [2.05, 4.69) is 39.6 Å². The first kappa shape index (κ1) is 35.4.